The number of thiazole rings is 1. The van der Waals surface area contributed by atoms with Crippen molar-refractivity contribution in [2.75, 3.05) is 0 Å². The fourth-order valence-electron chi connectivity index (χ4n) is 0.683. The summed E-state index contributed by atoms with van der Waals surface area (Å²) >= 11 is 1.61. The second kappa shape index (κ2) is 5.13. The molecular formula is C7H11NSSn. The van der Waals surface area contributed by atoms with Gasteiger partial charge in [0.05, 0.1) is 0 Å². The molecule has 54 valence electrons. The molecule has 1 aromatic heterocycles. The second-order valence-electron chi connectivity index (χ2n) is 2.12. The molecule has 0 fully saturated rings. The fraction of sp³-hybridized carbons (Fsp3) is 0.571. The molecular weight excluding hydrogens is 249 g/mol. The summed E-state index contributed by atoms with van der Waals surface area (Å²) in [5, 5.41) is 2.09. The third kappa shape index (κ3) is 3.01. The van der Waals surface area contributed by atoms with E-state index < -0.39 is 0 Å². The first-order chi connectivity index (χ1) is 4.93. The standard InChI is InChI=1S/C4H9.C3H2NS.Sn/c1-3-4-2;1-2-5-3-4-1;/h1,3-4H2,2H3;1-2H;. The number of aromatic nitrogens is 1. The van der Waals surface area contributed by atoms with E-state index in [4.69, 9.17) is 0 Å². The van der Waals surface area contributed by atoms with Crippen LogP contribution in [0.25, 0.3) is 0 Å². The van der Waals surface area contributed by atoms with E-state index in [-0.39, 0.29) is 21.1 Å². The van der Waals surface area contributed by atoms with Gasteiger partial charge in [-0.3, -0.25) is 0 Å². The van der Waals surface area contributed by atoms with Gasteiger partial charge in [0.25, 0.3) is 0 Å². The van der Waals surface area contributed by atoms with Gasteiger partial charge in [-0.05, 0) is 0 Å². The van der Waals surface area contributed by atoms with E-state index in [0.29, 0.717) is 0 Å². The normalized spacial score (nSPS) is 10.1. The Morgan fingerprint density at radius 2 is 2.60 bits per heavy atom. The van der Waals surface area contributed by atoms with Gasteiger partial charge in [-0.15, -0.1) is 0 Å². The zero-order valence-corrected chi connectivity index (χ0v) is 9.80. The van der Waals surface area contributed by atoms with Crippen LogP contribution in [0.1, 0.15) is 19.8 Å². The number of hydrogen-bond donors (Lipinski definition) is 0. The fourth-order valence-corrected chi connectivity index (χ4v) is 5.72. The van der Waals surface area contributed by atoms with Gasteiger partial charge in [0.1, 0.15) is 0 Å². The predicted octanol–water partition coefficient (Wildman–Crippen LogP) is 1.69. The predicted molar refractivity (Wildman–Crippen MR) is 47.2 cm³/mol. The molecule has 0 atom stereocenters. The van der Waals surface area contributed by atoms with Crippen LogP contribution in [0.15, 0.2) is 11.6 Å². The summed E-state index contributed by atoms with van der Waals surface area (Å²) < 4.78 is 2.92. The Morgan fingerprint density at radius 3 is 3.20 bits per heavy atom. The molecule has 0 amide bonds. The van der Waals surface area contributed by atoms with Crippen molar-refractivity contribution in [2.45, 2.75) is 24.2 Å². The van der Waals surface area contributed by atoms with Gasteiger partial charge in [-0.2, -0.15) is 0 Å². The average molecular weight is 260 g/mol. The Morgan fingerprint density at radius 1 is 1.70 bits per heavy atom. The Kier molecular flexibility index (Phi) is 4.37. The zero-order valence-electron chi connectivity index (χ0n) is 6.13. The van der Waals surface area contributed by atoms with Crippen molar-refractivity contribution in [3.63, 3.8) is 0 Å². The van der Waals surface area contributed by atoms with Crippen LogP contribution < -0.4 is 3.02 Å². The monoisotopic (exact) mass is 261 g/mol. The van der Waals surface area contributed by atoms with E-state index >= 15 is 0 Å². The Hall–Kier alpha value is 0.429. The second-order valence-corrected chi connectivity index (χ2v) is 7.83. The van der Waals surface area contributed by atoms with Crippen LogP contribution in [0.2, 0.25) is 4.44 Å². The molecule has 0 aliphatic rings. The quantitative estimate of drug-likeness (QED) is 0.593. The molecule has 0 aliphatic heterocycles. The van der Waals surface area contributed by atoms with E-state index in [1.807, 2.05) is 17.5 Å². The van der Waals surface area contributed by atoms with Crippen LogP contribution in [0.3, 0.4) is 0 Å². The molecule has 0 spiro atoms. The van der Waals surface area contributed by atoms with Crippen molar-refractivity contribution < 1.29 is 0 Å². The number of unbranched alkanes of at least 4 members (excludes halogenated alkanes) is 1. The van der Waals surface area contributed by atoms with Crippen molar-refractivity contribution in [1.82, 2.24) is 4.98 Å². The number of hydrogen-bond acceptors (Lipinski definition) is 2. The first-order valence-electron chi connectivity index (χ1n) is 3.57. The van der Waals surface area contributed by atoms with Gasteiger partial charge in [-0.25, -0.2) is 0 Å². The van der Waals surface area contributed by atoms with Crippen LogP contribution in [-0.2, 0) is 0 Å². The first-order valence-corrected chi connectivity index (χ1v) is 7.89. The van der Waals surface area contributed by atoms with E-state index in [0.717, 1.165) is 0 Å². The molecule has 3 heteroatoms. The van der Waals surface area contributed by atoms with Crippen LogP contribution in [-0.4, -0.2) is 26.1 Å². The van der Waals surface area contributed by atoms with Gasteiger partial charge in [0.2, 0.25) is 0 Å². The molecule has 0 saturated carbocycles. The summed E-state index contributed by atoms with van der Waals surface area (Å²) in [5.41, 5.74) is 0. The SMILES string of the molecule is CCC[CH2][Sn][c]1nccs1. The van der Waals surface area contributed by atoms with Crippen molar-refractivity contribution in [3.05, 3.63) is 11.6 Å². The van der Waals surface area contributed by atoms with Crippen LogP contribution in [0, 0.1) is 0 Å². The summed E-state index contributed by atoms with van der Waals surface area (Å²) in [7, 11) is 0. The molecule has 1 aromatic rings. The minimum absolute atomic E-state index is 0.229. The van der Waals surface area contributed by atoms with Crippen molar-refractivity contribution >= 4 is 35.5 Å². The van der Waals surface area contributed by atoms with E-state index in [9.17, 15) is 0 Å². The summed E-state index contributed by atoms with van der Waals surface area (Å²) in [5.74, 6) is 0. The van der Waals surface area contributed by atoms with E-state index in [1.165, 1.54) is 20.3 Å². The first kappa shape index (κ1) is 8.52. The van der Waals surface area contributed by atoms with E-state index in [1.54, 1.807) is 0 Å². The van der Waals surface area contributed by atoms with Gasteiger partial charge >= 0.3 is 76.3 Å². The van der Waals surface area contributed by atoms with Crippen LogP contribution >= 0.6 is 11.3 Å². The summed E-state index contributed by atoms with van der Waals surface area (Å²) in [6.45, 7) is 2.25. The van der Waals surface area contributed by atoms with Crippen molar-refractivity contribution in [2.24, 2.45) is 0 Å². The number of nitrogens with zero attached hydrogens (tertiary/aromatic N) is 1. The minimum atomic E-state index is -0.229. The summed E-state index contributed by atoms with van der Waals surface area (Å²) in [4.78, 5) is 4.28. The molecule has 1 heterocycles. The Balaban J connectivity index is 2.15. The van der Waals surface area contributed by atoms with Gasteiger partial charge < -0.3 is 0 Å². The average Bonchev–Trinajstić information content (AvgIpc) is 2.41. The molecule has 0 aliphatic carbocycles. The summed E-state index contributed by atoms with van der Waals surface area (Å²) in [6, 6.07) is 0. The maximum atomic E-state index is 4.28. The molecule has 1 rings (SSSR count). The molecule has 0 aromatic carbocycles. The Bertz CT molecular complexity index is 162. The van der Waals surface area contributed by atoms with Gasteiger partial charge in [0, 0.05) is 0 Å². The molecule has 2 radical (unpaired) electrons. The van der Waals surface area contributed by atoms with Gasteiger partial charge in [-0.1, -0.05) is 0 Å². The Labute approximate surface area is 76.1 Å². The third-order valence-electron chi connectivity index (χ3n) is 1.24. The third-order valence-corrected chi connectivity index (χ3v) is 6.76. The molecule has 0 bridgehead atoms. The van der Waals surface area contributed by atoms with Crippen LogP contribution in [0.4, 0.5) is 0 Å². The molecule has 1 nitrogen and oxygen atoms in total. The maximum absolute atomic E-state index is 4.28. The molecule has 0 unspecified atom stereocenters. The van der Waals surface area contributed by atoms with Crippen molar-refractivity contribution in [1.29, 1.82) is 0 Å². The van der Waals surface area contributed by atoms with E-state index in [2.05, 4.69) is 17.3 Å². The number of rotatable bonds is 4. The molecule has 0 N–H and O–H groups in total. The topological polar surface area (TPSA) is 12.9 Å². The molecule has 10 heavy (non-hydrogen) atoms. The van der Waals surface area contributed by atoms with Crippen molar-refractivity contribution in [3.8, 4) is 0 Å². The summed E-state index contributed by atoms with van der Waals surface area (Å²) in [6.07, 6.45) is 4.67. The zero-order chi connectivity index (χ0) is 7.23. The van der Waals surface area contributed by atoms with Gasteiger partial charge in [0.15, 0.2) is 0 Å². The molecule has 0 saturated heterocycles. The van der Waals surface area contributed by atoms with Crippen LogP contribution in [0.5, 0.6) is 0 Å².